The summed E-state index contributed by atoms with van der Waals surface area (Å²) in [5.74, 6) is 0.220. The van der Waals surface area contributed by atoms with Crippen LogP contribution in [0.1, 0.15) is 69.1 Å². The van der Waals surface area contributed by atoms with Crippen molar-refractivity contribution in [3.63, 3.8) is 0 Å². The van der Waals surface area contributed by atoms with Crippen LogP contribution in [0, 0.1) is 20.8 Å². The van der Waals surface area contributed by atoms with E-state index in [4.69, 9.17) is 0 Å². The summed E-state index contributed by atoms with van der Waals surface area (Å²) >= 11 is 0. The van der Waals surface area contributed by atoms with E-state index in [1.165, 1.54) is 31.2 Å². The van der Waals surface area contributed by atoms with Gasteiger partial charge in [-0.3, -0.25) is 4.79 Å². The first-order valence-electron chi connectivity index (χ1n) is 12.2. The van der Waals surface area contributed by atoms with Crippen LogP contribution < -0.4 is 5.32 Å². The van der Waals surface area contributed by atoms with Gasteiger partial charge in [-0.05, 0) is 70.9 Å². The molecule has 0 bridgehead atoms. The number of anilines is 1. The molecule has 1 atom stereocenters. The zero-order valence-electron chi connectivity index (χ0n) is 21.0. The topological polar surface area (TPSA) is 29.1 Å². The molecule has 4 heteroatoms. The molecular formula is C28H43N2OY+. The number of carbonyl (C=O) groups excluding carboxylic acids is 1. The van der Waals surface area contributed by atoms with Crippen molar-refractivity contribution in [2.24, 2.45) is 0 Å². The number of aryl methyl sites for hydroxylation is 3. The Morgan fingerprint density at radius 3 is 1.88 bits per heavy atom. The summed E-state index contributed by atoms with van der Waals surface area (Å²) in [5, 5.41) is 3.29. The van der Waals surface area contributed by atoms with E-state index >= 15 is 0 Å². The molecule has 1 unspecified atom stereocenters. The van der Waals surface area contributed by atoms with E-state index in [-0.39, 0.29) is 44.7 Å². The largest absolute Gasteiger partial charge is 0.320 e. The Bertz CT molecular complexity index is 778. The van der Waals surface area contributed by atoms with E-state index < -0.39 is 0 Å². The van der Waals surface area contributed by atoms with Crippen molar-refractivity contribution >= 4 is 11.6 Å². The number of amides is 1. The molecule has 2 aromatic carbocycles. The normalized spacial score (nSPS) is 15.9. The Labute approximate surface area is 221 Å². The fourth-order valence-corrected chi connectivity index (χ4v) is 4.85. The van der Waals surface area contributed by atoms with Crippen LogP contribution in [0.25, 0.3) is 0 Å². The van der Waals surface area contributed by atoms with Gasteiger partial charge in [-0.25, -0.2) is 0 Å². The number of hydrogen-bond donors (Lipinski definition) is 1. The molecule has 2 aromatic rings. The third kappa shape index (κ3) is 8.39. The Hall–Kier alpha value is -1.03. The Morgan fingerprint density at radius 1 is 0.875 bits per heavy atom. The van der Waals surface area contributed by atoms with Gasteiger partial charge in [0.15, 0.2) is 6.04 Å². The summed E-state index contributed by atoms with van der Waals surface area (Å²) < 4.78 is 0.977. The molecule has 0 aromatic heterocycles. The quantitative estimate of drug-likeness (QED) is 0.423. The van der Waals surface area contributed by atoms with Crippen molar-refractivity contribution in [3.8, 4) is 0 Å². The van der Waals surface area contributed by atoms with E-state index in [1.54, 1.807) is 0 Å². The van der Waals surface area contributed by atoms with Crippen molar-refractivity contribution in [1.29, 1.82) is 0 Å². The van der Waals surface area contributed by atoms with Gasteiger partial charge in [-0.2, -0.15) is 0 Å². The van der Waals surface area contributed by atoms with Crippen LogP contribution in [0.15, 0.2) is 48.5 Å². The van der Waals surface area contributed by atoms with Gasteiger partial charge in [0.1, 0.15) is 0 Å². The van der Waals surface area contributed by atoms with Gasteiger partial charge < -0.3 is 9.80 Å². The second-order valence-electron chi connectivity index (χ2n) is 9.11. The standard InChI is InChI=1S/C21H34N2O.C7H8.Y/c1-5-12-19(23(6-2)15-9-7-8-10-16-23)21(24)22-20-17(3)13-11-14-18(20)4;1-7-5-3-2-4-6-7;/h11,13-14,19H,5-10,12,15-16H2,1-4H3;2-6H,1H3;/p+1. The van der Waals surface area contributed by atoms with Gasteiger partial charge in [0.25, 0.3) is 5.91 Å². The minimum atomic E-state index is 0. The smallest absolute Gasteiger partial charge is 0.282 e. The molecule has 1 N–H and O–H groups in total. The molecule has 0 saturated carbocycles. The van der Waals surface area contributed by atoms with Crippen LogP contribution in [-0.4, -0.2) is 36.1 Å². The molecule has 1 aliphatic heterocycles. The monoisotopic (exact) mass is 512 g/mol. The number of nitrogens with zero attached hydrogens (tertiary/aromatic N) is 1. The van der Waals surface area contributed by atoms with Crippen molar-refractivity contribution in [2.75, 3.05) is 25.0 Å². The first-order valence-corrected chi connectivity index (χ1v) is 12.2. The van der Waals surface area contributed by atoms with Gasteiger partial charge in [0, 0.05) is 44.8 Å². The molecule has 3 nitrogen and oxygen atoms in total. The van der Waals surface area contributed by atoms with Crippen molar-refractivity contribution in [2.45, 2.75) is 79.2 Å². The van der Waals surface area contributed by atoms with Crippen LogP contribution in [0.4, 0.5) is 5.69 Å². The Kier molecular flexibility index (Phi) is 13.6. The minimum absolute atomic E-state index is 0. The van der Waals surface area contributed by atoms with E-state index in [2.05, 4.69) is 70.3 Å². The van der Waals surface area contributed by atoms with Gasteiger partial charge in [0.2, 0.25) is 0 Å². The molecule has 0 spiro atoms. The zero-order chi connectivity index (χ0) is 22.7. The summed E-state index contributed by atoms with van der Waals surface area (Å²) in [5.41, 5.74) is 4.63. The predicted molar refractivity (Wildman–Crippen MR) is 133 cm³/mol. The van der Waals surface area contributed by atoms with Crippen LogP contribution in [0.3, 0.4) is 0 Å². The van der Waals surface area contributed by atoms with E-state index in [0.29, 0.717) is 0 Å². The minimum Gasteiger partial charge on any atom is -0.320 e. The number of likely N-dealkylation sites (N-methyl/N-ethyl adjacent to an activating group) is 1. The van der Waals surface area contributed by atoms with Crippen LogP contribution in [0.2, 0.25) is 0 Å². The van der Waals surface area contributed by atoms with Gasteiger partial charge in [0.05, 0.1) is 19.6 Å². The molecule has 173 valence electrons. The Morgan fingerprint density at radius 2 is 1.44 bits per heavy atom. The zero-order valence-corrected chi connectivity index (χ0v) is 23.8. The van der Waals surface area contributed by atoms with Gasteiger partial charge in [-0.1, -0.05) is 61.0 Å². The number of likely N-dealkylation sites (tertiary alicyclic amines) is 1. The predicted octanol–water partition coefficient (Wildman–Crippen LogP) is 6.81. The number of para-hydroxylation sites is 1. The van der Waals surface area contributed by atoms with Gasteiger partial charge >= 0.3 is 0 Å². The second-order valence-corrected chi connectivity index (χ2v) is 9.11. The maximum Gasteiger partial charge on any atom is 0.282 e. The molecule has 1 heterocycles. The second kappa shape index (κ2) is 15.0. The first-order chi connectivity index (χ1) is 14.9. The number of carbonyl (C=O) groups is 1. The van der Waals surface area contributed by atoms with Crippen molar-refractivity contribution in [3.05, 3.63) is 65.2 Å². The summed E-state index contributed by atoms with van der Waals surface area (Å²) in [6.07, 6.45) is 7.18. The molecule has 1 saturated heterocycles. The number of hydrogen-bond acceptors (Lipinski definition) is 1. The summed E-state index contributed by atoms with van der Waals surface area (Å²) in [4.78, 5) is 13.3. The van der Waals surface area contributed by atoms with E-state index in [1.807, 2.05) is 18.2 Å². The molecule has 1 fully saturated rings. The first kappa shape index (κ1) is 29.0. The molecule has 32 heavy (non-hydrogen) atoms. The summed E-state index contributed by atoms with van der Waals surface area (Å²) in [6.45, 7) is 14.1. The molecule has 3 rings (SSSR count). The number of nitrogens with one attached hydrogen (secondary N) is 1. The van der Waals surface area contributed by atoms with Crippen molar-refractivity contribution < 1.29 is 42.0 Å². The molecule has 1 aliphatic rings. The molecule has 1 amide bonds. The number of rotatable bonds is 6. The SMILES string of the molecule is CCCC(C(=O)Nc1c(C)cccc1C)[N+]1(CC)CCCCCC1.Cc1ccccc1.[Y]. The summed E-state index contributed by atoms with van der Waals surface area (Å²) in [6, 6.07) is 16.6. The Balaban J connectivity index is 0.000000545. The summed E-state index contributed by atoms with van der Waals surface area (Å²) in [7, 11) is 0. The van der Waals surface area contributed by atoms with Crippen LogP contribution >= 0.6 is 0 Å². The average Bonchev–Trinajstić information content (AvgIpc) is 3.02. The maximum absolute atomic E-state index is 13.3. The third-order valence-corrected chi connectivity index (χ3v) is 6.78. The van der Waals surface area contributed by atoms with E-state index in [9.17, 15) is 4.79 Å². The van der Waals surface area contributed by atoms with Crippen LogP contribution in [0.5, 0.6) is 0 Å². The molecular weight excluding hydrogens is 469 g/mol. The van der Waals surface area contributed by atoms with Crippen LogP contribution in [-0.2, 0) is 37.5 Å². The maximum atomic E-state index is 13.3. The fraction of sp³-hybridized carbons (Fsp3) is 0.536. The molecule has 1 radical (unpaired) electrons. The number of quaternary nitrogens is 1. The van der Waals surface area contributed by atoms with Crippen molar-refractivity contribution in [1.82, 2.24) is 0 Å². The van der Waals surface area contributed by atoms with E-state index in [0.717, 1.165) is 53.8 Å². The third-order valence-electron chi connectivity index (χ3n) is 6.78. The average molecular weight is 513 g/mol. The molecule has 0 aliphatic carbocycles. The number of benzene rings is 2. The van der Waals surface area contributed by atoms with Gasteiger partial charge in [-0.15, -0.1) is 0 Å². The fourth-order valence-electron chi connectivity index (χ4n) is 4.85.